The lowest BCUT2D eigenvalue weighted by atomic mass is 10.1. The van der Waals surface area contributed by atoms with Gasteiger partial charge < -0.3 is 9.80 Å². The fraction of sp³-hybridized carbons (Fsp3) is 0.409. The van der Waals surface area contributed by atoms with Gasteiger partial charge in [0.05, 0.1) is 16.4 Å². The number of nitrogens with zero attached hydrogens (tertiary/aromatic N) is 2. The van der Waals surface area contributed by atoms with E-state index in [-0.39, 0.29) is 28.7 Å². The summed E-state index contributed by atoms with van der Waals surface area (Å²) in [5.41, 5.74) is 2.81. The monoisotopic (exact) mass is 477 g/mol. The number of carbonyl (C=O) groups excluding carboxylic acids is 1. The van der Waals surface area contributed by atoms with Crippen LogP contribution in [0.4, 0.5) is 5.69 Å². The molecule has 2 saturated heterocycles. The molecule has 2 aliphatic heterocycles. The molecular weight excluding hydrogens is 450 g/mol. The van der Waals surface area contributed by atoms with Crippen molar-refractivity contribution in [2.75, 3.05) is 42.6 Å². The van der Waals surface area contributed by atoms with Crippen molar-refractivity contribution in [2.45, 2.75) is 24.3 Å². The molecule has 10 heteroatoms. The van der Waals surface area contributed by atoms with Crippen LogP contribution in [0.3, 0.4) is 0 Å². The minimum absolute atomic E-state index is 0.00920. The van der Waals surface area contributed by atoms with E-state index in [1.54, 1.807) is 4.90 Å². The topological polar surface area (TPSA) is 104 Å². The van der Waals surface area contributed by atoms with Crippen molar-refractivity contribution in [3.05, 3.63) is 59.7 Å². The van der Waals surface area contributed by atoms with Gasteiger partial charge in [-0.15, -0.1) is 0 Å². The molecule has 1 atom stereocenters. The highest BCUT2D eigenvalue weighted by molar-refractivity contribution is 7.92. The van der Waals surface area contributed by atoms with Crippen molar-refractivity contribution < 1.29 is 21.6 Å². The molecule has 1 N–H and O–H groups in total. The molecule has 1 amide bonds. The normalized spacial score (nSPS) is 21.0. The lowest BCUT2D eigenvalue weighted by molar-refractivity contribution is 0.0746. The summed E-state index contributed by atoms with van der Waals surface area (Å²) >= 11 is 0. The van der Waals surface area contributed by atoms with E-state index in [0.717, 1.165) is 13.1 Å². The van der Waals surface area contributed by atoms with Gasteiger partial charge in [-0.05, 0) is 49.2 Å². The summed E-state index contributed by atoms with van der Waals surface area (Å²) in [5.74, 6) is -0.324. The largest absolute Gasteiger partial charge is 0.368 e. The summed E-state index contributed by atoms with van der Waals surface area (Å²) in [7, 11) is -7.03. The van der Waals surface area contributed by atoms with Crippen molar-refractivity contribution in [3.63, 3.8) is 0 Å². The Balaban J connectivity index is 1.38. The molecule has 2 aromatic carbocycles. The third-order valence-electron chi connectivity index (χ3n) is 5.99. The molecule has 0 saturated carbocycles. The number of para-hydroxylation sites is 1. The Morgan fingerprint density at radius 3 is 2.25 bits per heavy atom. The second kappa shape index (κ2) is 8.84. The first-order valence-corrected chi connectivity index (χ1v) is 13.9. The SMILES string of the molecule is Cc1ccccc1N1CCN(C(=O)c2ccc(S(=O)(=O)NC3CCS(=O)(=O)C3)cc2)CC1. The van der Waals surface area contributed by atoms with Crippen LogP contribution in [0.2, 0.25) is 0 Å². The molecule has 2 heterocycles. The Morgan fingerprint density at radius 2 is 1.66 bits per heavy atom. The molecule has 4 rings (SSSR count). The van der Waals surface area contributed by atoms with Gasteiger partial charge in [-0.2, -0.15) is 0 Å². The maximum Gasteiger partial charge on any atom is 0.253 e. The molecule has 0 bridgehead atoms. The molecule has 172 valence electrons. The molecule has 32 heavy (non-hydrogen) atoms. The zero-order valence-corrected chi connectivity index (χ0v) is 19.5. The van der Waals surface area contributed by atoms with E-state index in [0.29, 0.717) is 18.7 Å². The van der Waals surface area contributed by atoms with E-state index in [1.807, 2.05) is 12.1 Å². The number of nitrogens with one attached hydrogen (secondary N) is 1. The fourth-order valence-electron chi connectivity index (χ4n) is 4.20. The Labute approximate surface area is 189 Å². The van der Waals surface area contributed by atoms with Crippen LogP contribution in [0, 0.1) is 6.92 Å². The molecule has 8 nitrogen and oxygen atoms in total. The van der Waals surface area contributed by atoms with Crippen LogP contribution in [-0.4, -0.2) is 71.4 Å². The third kappa shape index (κ3) is 4.97. The highest BCUT2D eigenvalue weighted by atomic mass is 32.2. The van der Waals surface area contributed by atoms with Gasteiger partial charge in [0.25, 0.3) is 5.91 Å². The van der Waals surface area contributed by atoms with E-state index < -0.39 is 25.9 Å². The minimum atomic E-state index is -3.85. The first kappa shape index (κ1) is 22.8. The summed E-state index contributed by atoms with van der Waals surface area (Å²) in [6.07, 6.45) is 0.270. The number of hydrogen-bond acceptors (Lipinski definition) is 6. The van der Waals surface area contributed by atoms with Crippen LogP contribution < -0.4 is 9.62 Å². The minimum Gasteiger partial charge on any atom is -0.368 e. The Bertz CT molecular complexity index is 1200. The number of benzene rings is 2. The molecule has 0 aromatic heterocycles. The highest BCUT2D eigenvalue weighted by Crippen LogP contribution is 2.22. The van der Waals surface area contributed by atoms with Crippen LogP contribution >= 0.6 is 0 Å². The second-order valence-electron chi connectivity index (χ2n) is 8.31. The van der Waals surface area contributed by atoms with E-state index in [4.69, 9.17) is 0 Å². The summed E-state index contributed by atoms with van der Waals surface area (Å²) < 4.78 is 50.7. The summed E-state index contributed by atoms with van der Waals surface area (Å²) in [4.78, 5) is 17.0. The van der Waals surface area contributed by atoms with E-state index in [2.05, 4.69) is 28.7 Å². The fourth-order valence-corrected chi connectivity index (χ4v) is 7.25. The summed E-state index contributed by atoms with van der Waals surface area (Å²) in [6.45, 7) is 4.72. The molecule has 0 spiro atoms. The van der Waals surface area contributed by atoms with Gasteiger partial charge in [0, 0.05) is 43.5 Å². The van der Waals surface area contributed by atoms with Crippen molar-refractivity contribution in [1.29, 1.82) is 0 Å². The van der Waals surface area contributed by atoms with Crippen LogP contribution in [0.15, 0.2) is 53.4 Å². The lowest BCUT2D eigenvalue weighted by Crippen LogP contribution is -2.49. The van der Waals surface area contributed by atoms with Crippen LogP contribution in [0.5, 0.6) is 0 Å². The maximum absolute atomic E-state index is 12.9. The number of hydrogen-bond donors (Lipinski definition) is 1. The van der Waals surface area contributed by atoms with Gasteiger partial charge in [-0.3, -0.25) is 4.79 Å². The number of carbonyl (C=O) groups is 1. The van der Waals surface area contributed by atoms with Gasteiger partial charge in [-0.25, -0.2) is 21.6 Å². The molecule has 0 radical (unpaired) electrons. The number of aryl methyl sites for hydroxylation is 1. The average molecular weight is 478 g/mol. The lowest BCUT2D eigenvalue weighted by Gasteiger charge is -2.36. The van der Waals surface area contributed by atoms with Crippen molar-refractivity contribution in [3.8, 4) is 0 Å². The molecule has 2 fully saturated rings. The van der Waals surface area contributed by atoms with Crippen LogP contribution in [-0.2, 0) is 19.9 Å². The summed E-state index contributed by atoms with van der Waals surface area (Å²) in [5, 5.41) is 0. The quantitative estimate of drug-likeness (QED) is 0.699. The van der Waals surface area contributed by atoms with Gasteiger partial charge in [0.2, 0.25) is 10.0 Å². The predicted molar refractivity (Wildman–Crippen MR) is 123 cm³/mol. The summed E-state index contributed by atoms with van der Waals surface area (Å²) in [6, 6.07) is 13.4. The smallest absolute Gasteiger partial charge is 0.253 e. The van der Waals surface area contributed by atoms with E-state index >= 15 is 0 Å². The zero-order valence-electron chi connectivity index (χ0n) is 17.9. The molecule has 0 aliphatic carbocycles. The van der Waals surface area contributed by atoms with Crippen LogP contribution in [0.25, 0.3) is 0 Å². The molecule has 1 unspecified atom stereocenters. The highest BCUT2D eigenvalue weighted by Gasteiger charge is 2.31. The first-order chi connectivity index (χ1) is 15.1. The average Bonchev–Trinajstić information content (AvgIpc) is 3.11. The molecule has 2 aliphatic rings. The molecule has 2 aromatic rings. The number of anilines is 1. The van der Waals surface area contributed by atoms with Crippen molar-refractivity contribution in [1.82, 2.24) is 9.62 Å². The molecular formula is C22H27N3O5S2. The number of piperazine rings is 1. The number of rotatable bonds is 5. The third-order valence-corrected chi connectivity index (χ3v) is 9.29. The van der Waals surface area contributed by atoms with Crippen molar-refractivity contribution >= 4 is 31.5 Å². The Kier molecular flexibility index (Phi) is 6.28. The van der Waals surface area contributed by atoms with Crippen LogP contribution in [0.1, 0.15) is 22.3 Å². The zero-order chi connectivity index (χ0) is 22.9. The van der Waals surface area contributed by atoms with Gasteiger partial charge in [0.15, 0.2) is 9.84 Å². The van der Waals surface area contributed by atoms with Gasteiger partial charge in [-0.1, -0.05) is 18.2 Å². The standard InChI is InChI=1S/C22H27N3O5S2/c1-17-4-2-3-5-21(17)24-11-13-25(14-12-24)22(26)18-6-8-20(9-7-18)32(29,30)23-19-10-15-31(27,28)16-19/h2-9,19,23H,10-16H2,1H3. The Hall–Kier alpha value is -2.43. The van der Waals surface area contributed by atoms with Gasteiger partial charge >= 0.3 is 0 Å². The van der Waals surface area contributed by atoms with E-state index in [1.165, 1.54) is 35.5 Å². The first-order valence-electron chi connectivity index (χ1n) is 10.6. The van der Waals surface area contributed by atoms with Gasteiger partial charge in [0.1, 0.15) is 0 Å². The predicted octanol–water partition coefficient (Wildman–Crippen LogP) is 1.42. The van der Waals surface area contributed by atoms with E-state index in [9.17, 15) is 21.6 Å². The Morgan fingerprint density at radius 1 is 1.00 bits per heavy atom. The second-order valence-corrected chi connectivity index (χ2v) is 12.3. The maximum atomic E-state index is 12.9. The number of sulfonamides is 1. The number of amides is 1. The van der Waals surface area contributed by atoms with Crippen molar-refractivity contribution in [2.24, 2.45) is 0 Å². The number of sulfone groups is 1.